The molecule has 28 heavy (non-hydrogen) atoms. The van der Waals surface area contributed by atoms with Gasteiger partial charge in [0.05, 0.1) is 22.2 Å². The van der Waals surface area contributed by atoms with Gasteiger partial charge < -0.3 is 9.47 Å². The number of ether oxygens (including phenoxy) is 2. The van der Waals surface area contributed by atoms with E-state index in [-0.39, 0.29) is 12.3 Å². The van der Waals surface area contributed by atoms with E-state index in [1.807, 2.05) is 5.38 Å². The highest BCUT2D eigenvalue weighted by Crippen LogP contribution is 2.15. The molecule has 0 fully saturated rings. The average Bonchev–Trinajstić information content (AvgIpc) is 3.26. The van der Waals surface area contributed by atoms with Crippen LogP contribution in [0.2, 0.25) is 0 Å². The van der Waals surface area contributed by atoms with Crippen LogP contribution in [0.1, 0.15) is 16.1 Å². The van der Waals surface area contributed by atoms with Crippen molar-refractivity contribution in [1.29, 1.82) is 0 Å². The third kappa shape index (κ3) is 3.89. The molecule has 0 atom stereocenters. The van der Waals surface area contributed by atoms with Crippen molar-refractivity contribution in [2.24, 2.45) is 0 Å². The number of carbonyl (C=O) groups excluding carboxylic acids is 1. The number of carbonyl (C=O) groups is 1. The zero-order valence-corrected chi connectivity index (χ0v) is 15.3. The highest BCUT2D eigenvalue weighted by Gasteiger charge is 2.10. The van der Waals surface area contributed by atoms with Crippen molar-refractivity contribution in [3.63, 3.8) is 0 Å². The summed E-state index contributed by atoms with van der Waals surface area (Å²) in [5, 5.41) is 10.1. The fourth-order valence-corrected chi connectivity index (χ4v) is 3.01. The van der Waals surface area contributed by atoms with E-state index < -0.39 is 5.97 Å². The Morgan fingerprint density at radius 2 is 1.93 bits per heavy atom. The van der Waals surface area contributed by atoms with E-state index in [1.165, 1.54) is 11.3 Å². The van der Waals surface area contributed by atoms with E-state index in [4.69, 9.17) is 9.47 Å². The van der Waals surface area contributed by atoms with Crippen LogP contribution >= 0.6 is 11.3 Å². The maximum atomic E-state index is 12.3. The number of thiazole rings is 1. The molecule has 140 valence electrons. The summed E-state index contributed by atoms with van der Waals surface area (Å²) in [7, 11) is 0. The number of fused-ring (bicyclic) bond motifs is 1. The monoisotopic (exact) mass is 394 g/mol. The van der Waals surface area contributed by atoms with E-state index in [0.29, 0.717) is 28.8 Å². The van der Waals surface area contributed by atoms with Gasteiger partial charge in [0, 0.05) is 5.38 Å². The fraction of sp³-hybridized carbons (Fsp3) is 0.105. The Labute approximate surface area is 163 Å². The molecule has 8 nitrogen and oxygen atoms in total. The first kappa shape index (κ1) is 17.8. The summed E-state index contributed by atoms with van der Waals surface area (Å²) < 4.78 is 11.8. The molecular formula is C19H14N4O4S. The first-order valence-corrected chi connectivity index (χ1v) is 9.24. The van der Waals surface area contributed by atoms with Gasteiger partial charge in [-0.25, -0.2) is 9.78 Å². The van der Waals surface area contributed by atoms with Crippen LogP contribution < -0.4 is 10.3 Å². The van der Waals surface area contributed by atoms with Gasteiger partial charge in [-0.15, -0.1) is 16.4 Å². The van der Waals surface area contributed by atoms with Crippen LogP contribution in [0.25, 0.3) is 10.9 Å². The molecular weight excluding hydrogens is 380 g/mol. The molecule has 2 heterocycles. The molecule has 0 N–H and O–H groups in total. The van der Waals surface area contributed by atoms with E-state index >= 15 is 0 Å². The van der Waals surface area contributed by atoms with E-state index in [2.05, 4.69) is 15.3 Å². The van der Waals surface area contributed by atoms with E-state index in [9.17, 15) is 9.59 Å². The molecule has 9 heteroatoms. The number of rotatable bonds is 6. The minimum absolute atomic E-state index is 0.322. The number of aromatic nitrogens is 4. The molecule has 0 amide bonds. The van der Waals surface area contributed by atoms with Gasteiger partial charge >= 0.3 is 5.97 Å². The first-order valence-electron chi connectivity index (χ1n) is 8.30. The Morgan fingerprint density at radius 1 is 1.11 bits per heavy atom. The van der Waals surface area contributed by atoms with Gasteiger partial charge in [0.25, 0.3) is 5.56 Å². The topological polar surface area (TPSA) is 96.2 Å². The number of benzene rings is 2. The highest BCUT2D eigenvalue weighted by molar-refractivity contribution is 7.07. The second-order valence-electron chi connectivity index (χ2n) is 5.77. The summed E-state index contributed by atoms with van der Waals surface area (Å²) in [5.41, 5.74) is 3.04. The van der Waals surface area contributed by atoms with Gasteiger partial charge in [-0.1, -0.05) is 17.3 Å². The summed E-state index contributed by atoms with van der Waals surface area (Å²) in [6, 6.07) is 13.4. The molecule has 0 radical (unpaired) electrons. The van der Waals surface area contributed by atoms with Crippen LogP contribution in [0.5, 0.6) is 5.75 Å². The van der Waals surface area contributed by atoms with E-state index in [1.54, 1.807) is 54.0 Å². The van der Waals surface area contributed by atoms with Crippen LogP contribution in [0.3, 0.4) is 0 Å². The van der Waals surface area contributed by atoms with Crippen molar-refractivity contribution in [2.45, 2.75) is 13.3 Å². The van der Waals surface area contributed by atoms with Crippen LogP contribution in [-0.4, -0.2) is 25.9 Å². The zero-order chi connectivity index (χ0) is 19.3. The first-order chi connectivity index (χ1) is 13.7. The molecule has 0 unspecified atom stereocenters. The molecule has 0 aliphatic heterocycles. The lowest BCUT2D eigenvalue weighted by atomic mass is 10.2. The molecule has 0 aliphatic carbocycles. The number of hydrogen-bond donors (Lipinski definition) is 0. The smallest absolute Gasteiger partial charge is 0.339 e. The van der Waals surface area contributed by atoms with E-state index in [0.717, 1.165) is 10.4 Å². The molecule has 0 bridgehead atoms. The molecule has 0 saturated heterocycles. The van der Waals surface area contributed by atoms with Crippen LogP contribution in [0, 0.1) is 0 Å². The fourth-order valence-electron chi connectivity index (χ4n) is 2.46. The zero-order valence-electron chi connectivity index (χ0n) is 14.5. The Bertz CT molecular complexity index is 1160. The maximum absolute atomic E-state index is 12.3. The Balaban J connectivity index is 1.38. The van der Waals surface area contributed by atoms with Crippen LogP contribution in [0.15, 0.2) is 64.2 Å². The lowest BCUT2D eigenvalue weighted by Crippen LogP contribution is -2.26. The quantitative estimate of drug-likeness (QED) is 0.464. The molecule has 2 aromatic heterocycles. The van der Waals surface area contributed by atoms with Crippen molar-refractivity contribution in [2.75, 3.05) is 0 Å². The maximum Gasteiger partial charge on any atom is 0.339 e. The second kappa shape index (κ2) is 7.97. The Morgan fingerprint density at radius 3 is 2.71 bits per heavy atom. The summed E-state index contributed by atoms with van der Waals surface area (Å²) >= 11 is 1.50. The molecule has 2 aromatic carbocycles. The molecule has 0 saturated carbocycles. The van der Waals surface area contributed by atoms with Crippen molar-refractivity contribution in [3.8, 4) is 5.75 Å². The summed E-state index contributed by atoms with van der Waals surface area (Å²) in [6.07, 6.45) is 0. The largest absolute Gasteiger partial charge is 0.487 e. The second-order valence-corrected chi connectivity index (χ2v) is 6.48. The SMILES string of the molecule is O=C(OCn1nnc2ccccc2c1=O)c1ccc(OCc2cscn2)cc1. The van der Waals surface area contributed by atoms with Gasteiger partial charge in [-0.2, -0.15) is 4.68 Å². The number of hydrogen-bond acceptors (Lipinski definition) is 8. The lowest BCUT2D eigenvalue weighted by Gasteiger charge is -2.08. The van der Waals surface area contributed by atoms with Crippen molar-refractivity contribution in [3.05, 3.63) is 81.0 Å². The number of nitrogens with zero attached hydrogens (tertiary/aromatic N) is 4. The lowest BCUT2D eigenvalue weighted by molar-refractivity contribution is 0.0336. The molecule has 4 rings (SSSR count). The van der Waals surface area contributed by atoms with Crippen molar-refractivity contribution < 1.29 is 14.3 Å². The Hall–Kier alpha value is -3.59. The molecule has 0 aliphatic rings. The third-order valence-corrected chi connectivity index (χ3v) is 4.54. The highest BCUT2D eigenvalue weighted by atomic mass is 32.1. The summed E-state index contributed by atoms with van der Waals surface area (Å²) in [4.78, 5) is 28.7. The van der Waals surface area contributed by atoms with Crippen molar-refractivity contribution in [1.82, 2.24) is 20.0 Å². The van der Waals surface area contributed by atoms with Gasteiger partial charge in [0.15, 0.2) is 6.73 Å². The molecule has 4 aromatic rings. The normalized spacial score (nSPS) is 10.7. The number of esters is 1. The van der Waals surface area contributed by atoms with Crippen LogP contribution in [-0.2, 0) is 18.1 Å². The predicted octanol–water partition coefficient (Wildman–Crippen LogP) is 2.64. The minimum atomic E-state index is -0.576. The molecule has 0 spiro atoms. The van der Waals surface area contributed by atoms with Gasteiger partial charge in [0.2, 0.25) is 0 Å². The standard InChI is InChI=1S/C19H14N4O4S/c24-18-16-3-1-2-4-17(16)21-22-23(18)12-27-19(25)13-5-7-15(8-6-13)26-9-14-10-28-11-20-14/h1-8,10-11H,9,12H2. The Kier molecular flexibility index (Phi) is 5.07. The van der Waals surface area contributed by atoms with Gasteiger partial charge in [0.1, 0.15) is 17.9 Å². The average molecular weight is 394 g/mol. The summed E-state index contributed by atoms with van der Waals surface area (Å²) in [6.45, 7) is 0.0361. The predicted molar refractivity (Wildman–Crippen MR) is 102 cm³/mol. The minimum Gasteiger partial charge on any atom is -0.487 e. The summed E-state index contributed by atoms with van der Waals surface area (Å²) in [5.74, 6) is 0.0362. The van der Waals surface area contributed by atoms with Gasteiger partial charge in [-0.05, 0) is 36.4 Å². The van der Waals surface area contributed by atoms with Gasteiger partial charge in [-0.3, -0.25) is 4.79 Å². The van der Waals surface area contributed by atoms with Crippen LogP contribution in [0.4, 0.5) is 0 Å². The third-order valence-electron chi connectivity index (χ3n) is 3.91. The van der Waals surface area contributed by atoms with Crippen molar-refractivity contribution >= 4 is 28.2 Å².